The van der Waals surface area contributed by atoms with Crippen LogP contribution < -0.4 is 0 Å². The molecule has 0 saturated carbocycles. The van der Waals surface area contributed by atoms with E-state index in [4.69, 9.17) is 0 Å². The number of aldehydes is 1. The number of carbonyl (C=O) groups excluding carboxylic acids is 1. The monoisotopic (exact) mass is 232 g/mol. The molecular formula is C13H13FN2O. The predicted molar refractivity (Wildman–Crippen MR) is 62.9 cm³/mol. The van der Waals surface area contributed by atoms with Crippen LogP contribution in [0.3, 0.4) is 0 Å². The summed E-state index contributed by atoms with van der Waals surface area (Å²) in [5.74, 6) is 0.329. The maximum Gasteiger partial charge on any atom is 0.155 e. The normalized spacial score (nSPS) is 10.5. The van der Waals surface area contributed by atoms with Crippen LogP contribution in [0.1, 0.15) is 29.5 Å². The van der Waals surface area contributed by atoms with Crippen LogP contribution in [0, 0.1) is 5.82 Å². The van der Waals surface area contributed by atoms with Crippen molar-refractivity contribution in [3.63, 3.8) is 0 Å². The van der Waals surface area contributed by atoms with E-state index in [1.165, 1.54) is 6.07 Å². The van der Waals surface area contributed by atoms with Crippen molar-refractivity contribution in [3.05, 3.63) is 47.8 Å². The van der Waals surface area contributed by atoms with Gasteiger partial charge >= 0.3 is 0 Å². The van der Waals surface area contributed by atoms with Gasteiger partial charge in [-0.2, -0.15) is 0 Å². The molecule has 0 unspecified atom stereocenters. The van der Waals surface area contributed by atoms with Crippen molar-refractivity contribution < 1.29 is 9.18 Å². The van der Waals surface area contributed by atoms with Gasteiger partial charge in [0.15, 0.2) is 6.29 Å². The summed E-state index contributed by atoms with van der Waals surface area (Å²) in [6, 6.07) is 4.59. The second-order valence-corrected chi connectivity index (χ2v) is 3.75. The Morgan fingerprint density at radius 1 is 1.47 bits per heavy atom. The lowest BCUT2D eigenvalue weighted by atomic mass is 10.1. The summed E-state index contributed by atoms with van der Waals surface area (Å²) in [6.07, 6.45) is 5.68. The molecule has 17 heavy (non-hydrogen) atoms. The number of benzene rings is 1. The third-order valence-electron chi connectivity index (χ3n) is 2.60. The number of hydrogen-bond donors (Lipinski definition) is 0. The summed E-state index contributed by atoms with van der Waals surface area (Å²) >= 11 is 0. The van der Waals surface area contributed by atoms with E-state index in [0.29, 0.717) is 12.0 Å². The molecule has 0 bridgehead atoms. The molecule has 0 saturated heterocycles. The first kappa shape index (κ1) is 11.5. The molecule has 0 atom stereocenters. The number of rotatable bonds is 4. The van der Waals surface area contributed by atoms with Crippen molar-refractivity contribution in [3.8, 4) is 5.69 Å². The summed E-state index contributed by atoms with van der Waals surface area (Å²) in [4.78, 5) is 15.2. The van der Waals surface area contributed by atoms with Crippen LogP contribution in [0.15, 0.2) is 30.6 Å². The zero-order chi connectivity index (χ0) is 12.3. The Kier molecular flexibility index (Phi) is 3.32. The Balaban J connectivity index is 2.56. The molecule has 88 valence electrons. The molecule has 3 nitrogen and oxygen atoms in total. The van der Waals surface area contributed by atoms with Gasteiger partial charge in [-0.05, 0) is 18.6 Å². The highest BCUT2D eigenvalue weighted by molar-refractivity contribution is 5.81. The molecule has 2 aromatic rings. The SMILES string of the molecule is CCCc1nccn1-c1cccc(F)c1C=O. The third kappa shape index (κ3) is 2.11. The summed E-state index contributed by atoms with van der Waals surface area (Å²) in [7, 11) is 0. The highest BCUT2D eigenvalue weighted by Gasteiger charge is 2.11. The fourth-order valence-corrected chi connectivity index (χ4v) is 1.81. The van der Waals surface area contributed by atoms with Crippen molar-refractivity contribution in [1.29, 1.82) is 0 Å². The first-order valence-corrected chi connectivity index (χ1v) is 5.54. The molecule has 0 aliphatic rings. The molecule has 0 fully saturated rings. The number of hydrogen-bond acceptors (Lipinski definition) is 2. The fraction of sp³-hybridized carbons (Fsp3) is 0.231. The van der Waals surface area contributed by atoms with Gasteiger partial charge in [0.05, 0.1) is 11.3 Å². The molecule has 4 heteroatoms. The molecule has 0 radical (unpaired) electrons. The lowest BCUT2D eigenvalue weighted by Crippen LogP contribution is -2.05. The molecule has 0 spiro atoms. The molecule has 1 aromatic carbocycles. The summed E-state index contributed by atoms with van der Waals surface area (Å²) in [5.41, 5.74) is 0.615. The first-order valence-electron chi connectivity index (χ1n) is 5.54. The Morgan fingerprint density at radius 2 is 2.29 bits per heavy atom. The Morgan fingerprint density at radius 3 is 3.00 bits per heavy atom. The topological polar surface area (TPSA) is 34.9 Å². The van der Waals surface area contributed by atoms with Crippen LogP contribution in [0.5, 0.6) is 0 Å². The molecule has 0 aliphatic carbocycles. The Labute approximate surface area is 98.9 Å². The standard InChI is InChI=1S/C13H13FN2O/c1-2-4-13-15-7-8-16(13)12-6-3-5-11(14)10(12)9-17/h3,5-9H,2,4H2,1H3. The van der Waals surface area contributed by atoms with Crippen LogP contribution in [-0.4, -0.2) is 15.8 Å². The van der Waals surface area contributed by atoms with Crippen LogP contribution in [0.4, 0.5) is 4.39 Å². The lowest BCUT2D eigenvalue weighted by Gasteiger charge is -2.09. The summed E-state index contributed by atoms with van der Waals surface area (Å²) < 4.78 is 15.3. The Hall–Kier alpha value is -1.97. The van der Waals surface area contributed by atoms with Gasteiger partial charge in [-0.1, -0.05) is 13.0 Å². The van der Waals surface area contributed by atoms with Gasteiger partial charge in [0.25, 0.3) is 0 Å². The van der Waals surface area contributed by atoms with Gasteiger partial charge < -0.3 is 4.57 Å². The molecule has 0 aliphatic heterocycles. The van der Waals surface area contributed by atoms with Gasteiger partial charge in [-0.3, -0.25) is 4.79 Å². The zero-order valence-corrected chi connectivity index (χ0v) is 9.56. The second kappa shape index (κ2) is 4.91. The smallest absolute Gasteiger partial charge is 0.155 e. The van der Waals surface area contributed by atoms with Crippen LogP contribution in [0.2, 0.25) is 0 Å². The lowest BCUT2D eigenvalue weighted by molar-refractivity contribution is 0.112. The minimum absolute atomic E-state index is 0.0721. The molecule has 0 amide bonds. The van der Waals surface area contributed by atoms with Crippen molar-refractivity contribution >= 4 is 6.29 Å². The van der Waals surface area contributed by atoms with Crippen molar-refractivity contribution in [2.75, 3.05) is 0 Å². The van der Waals surface area contributed by atoms with E-state index < -0.39 is 5.82 Å². The van der Waals surface area contributed by atoms with Crippen molar-refractivity contribution in [1.82, 2.24) is 9.55 Å². The van der Waals surface area contributed by atoms with Gasteiger partial charge in [-0.15, -0.1) is 0 Å². The quantitative estimate of drug-likeness (QED) is 0.760. The molecule has 2 rings (SSSR count). The van der Waals surface area contributed by atoms with E-state index in [9.17, 15) is 9.18 Å². The van der Waals surface area contributed by atoms with Gasteiger partial charge in [0.2, 0.25) is 0 Å². The Bertz CT molecular complexity index is 534. The highest BCUT2D eigenvalue weighted by atomic mass is 19.1. The number of halogens is 1. The van der Waals surface area contributed by atoms with Crippen molar-refractivity contribution in [2.45, 2.75) is 19.8 Å². The molecule has 0 N–H and O–H groups in total. The molecule has 1 heterocycles. The second-order valence-electron chi connectivity index (χ2n) is 3.75. The van der Waals surface area contributed by atoms with Crippen molar-refractivity contribution in [2.24, 2.45) is 0 Å². The number of carbonyl (C=O) groups is 1. The molecular weight excluding hydrogens is 219 g/mol. The predicted octanol–water partition coefficient (Wildman–Crippen LogP) is 2.78. The molecule has 1 aromatic heterocycles. The van der Waals surface area contributed by atoms with E-state index in [1.54, 1.807) is 29.1 Å². The van der Waals surface area contributed by atoms with E-state index in [-0.39, 0.29) is 5.56 Å². The van der Waals surface area contributed by atoms with Crippen LogP contribution in [-0.2, 0) is 6.42 Å². The maximum atomic E-state index is 13.5. The van der Waals surface area contributed by atoms with Gasteiger partial charge in [0, 0.05) is 18.8 Å². The van der Waals surface area contributed by atoms with E-state index in [1.807, 2.05) is 6.92 Å². The average Bonchev–Trinajstić information content (AvgIpc) is 2.77. The maximum absolute atomic E-state index is 13.5. The zero-order valence-electron chi connectivity index (χ0n) is 9.56. The van der Waals surface area contributed by atoms with Gasteiger partial charge in [0.1, 0.15) is 11.6 Å². The highest BCUT2D eigenvalue weighted by Crippen LogP contribution is 2.18. The average molecular weight is 232 g/mol. The minimum atomic E-state index is -0.506. The summed E-state index contributed by atoms with van der Waals surface area (Å²) in [5, 5.41) is 0. The fourth-order valence-electron chi connectivity index (χ4n) is 1.81. The largest absolute Gasteiger partial charge is 0.303 e. The summed E-state index contributed by atoms with van der Waals surface area (Å²) in [6.45, 7) is 2.05. The van der Waals surface area contributed by atoms with Gasteiger partial charge in [-0.25, -0.2) is 9.37 Å². The minimum Gasteiger partial charge on any atom is -0.303 e. The van der Waals surface area contributed by atoms with E-state index in [0.717, 1.165) is 18.7 Å². The van der Waals surface area contributed by atoms with Crippen LogP contribution in [0.25, 0.3) is 5.69 Å². The van der Waals surface area contributed by atoms with E-state index in [2.05, 4.69) is 4.98 Å². The number of aromatic nitrogens is 2. The van der Waals surface area contributed by atoms with E-state index >= 15 is 0 Å². The number of nitrogens with zero attached hydrogens (tertiary/aromatic N) is 2. The van der Waals surface area contributed by atoms with Crippen LogP contribution >= 0.6 is 0 Å². The third-order valence-corrected chi connectivity index (χ3v) is 2.60. The first-order chi connectivity index (χ1) is 8.27. The number of aryl methyl sites for hydroxylation is 1. The number of imidazole rings is 1.